The van der Waals surface area contributed by atoms with Crippen molar-refractivity contribution >= 4 is 5.78 Å². The number of hydrogen-bond acceptors (Lipinski definition) is 2. The average molecular weight is 283 g/mol. The molecule has 0 radical (unpaired) electrons. The number of ketones is 1. The third kappa shape index (κ3) is 2.37. The molecule has 21 heavy (non-hydrogen) atoms. The number of fused-ring (bicyclic) bond motifs is 1. The summed E-state index contributed by atoms with van der Waals surface area (Å²) in [6, 6.07) is 8.06. The molecule has 0 aliphatic heterocycles. The molecule has 0 spiro atoms. The first-order chi connectivity index (χ1) is 9.91. The highest BCUT2D eigenvalue weighted by Gasteiger charge is 2.33. The number of nitrogens with zero attached hydrogens (tertiary/aromatic N) is 1. The van der Waals surface area contributed by atoms with E-state index in [-0.39, 0.29) is 11.2 Å². The van der Waals surface area contributed by atoms with Crippen molar-refractivity contribution < 1.29 is 9.53 Å². The Kier molecular flexibility index (Phi) is 3.16. The number of rotatable bonds is 2. The van der Waals surface area contributed by atoms with Crippen LogP contribution in [0.2, 0.25) is 0 Å². The van der Waals surface area contributed by atoms with Crippen LogP contribution in [0.25, 0.3) is 5.69 Å². The Bertz CT molecular complexity index is 710. The molecule has 0 fully saturated rings. The predicted octanol–water partition coefficient (Wildman–Crippen LogP) is 3.95. The molecule has 0 atom stereocenters. The number of hydrogen-bond donors (Lipinski definition) is 0. The van der Waals surface area contributed by atoms with E-state index in [9.17, 15) is 4.79 Å². The number of aryl methyl sites for hydroxylation is 1. The predicted molar refractivity (Wildman–Crippen MR) is 83.5 cm³/mol. The zero-order chi connectivity index (χ0) is 15.2. The second-order valence-corrected chi connectivity index (χ2v) is 6.66. The average Bonchev–Trinajstić information content (AvgIpc) is 2.80. The van der Waals surface area contributed by atoms with Gasteiger partial charge in [0.2, 0.25) is 0 Å². The van der Waals surface area contributed by atoms with Gasteiger partial charge < -0.3 is 9.30 Å². The molecule has 0 saturated heterocycles. The smallest absolute Gasteiger partial charge is 0.165 e. The van der Waals surface area contributed by atoms with Crippen LogP contribution in [0.4, 0.5) is 0 Å². The molecule has 1 aliphatic rings. The van der Waals surface area contributed by atoms with Gasteiger partial charge in [0.15, 0.2) is 5.78 Å². The van der Waals surface area contributed by atoms with Crippen LogP contribution >= 0.6 is 0 Å². The fourth-order valence-corrected chi connectivity index (χ4v) is 3.16. The molecule has 0 N–H and O–H groups in total. The van der Waals surface area contributed by atoms with E-state index in [4.69, 9.17) is 4.74 Å². The van der Waals surface area contributed by atoms with Crippen molar-refractivity contribution in [3.05, 3.63) is 47.3 Å². The number of aromatic nitrogens is 1. The minimum absolute atomic E-state index is 0.0112. The van der Waals surface area contributed by atoms with Gasteiger partial charge >= 0.3 is 0 Å². The van der Waals surface area contributed by atoms with Gasteiger partial charge in [0.05, 0.1) is 12.8 Å². The first kappa shape index (κ1) is 13.9. The maximum absolute atomic E-state index is 12.3. The third-order valence-electron chi connectivity index (χ3n) is 4.17. The minimum atomic E-state index is 0.0112. The number of methoxy groups -OCH3 is 1. The summed E-state index contributed by atoms with van der Waals surface area (Å²) in [7, 11) is 1.68. The first-order valence-electron chi connectivity index (χ1n) is 7.30. The highest BCUT2D eigenvalue weighted by Crippen LogP contribution is 2.37. The maximum Gasteiger partial charge on any atom is 0.165 e. The lowest BCUT2D eigenvalue weighted by Crippen LogP contribution is -2.27. The second kappa shape index (κ2) is 4.76. The number of carbonyl (C=O) groups is 1. The molecule has 2 aromatic rings. The van der Waals surface area contributed by atoms with Gasteiger partial charge in [0.25, 0.3) is 0 Å². The van der Waals surface area contributed by atoms with E-state index in [0.29, 0.717) is 6.42 Å². The fraction of sp³-hybridized carbons (Fsp3) is 0.389. The van der Waals surface area contributed by atoms with Crippen molar-refractivity contribution in [1.29, 1.82) is 0 Å². The molecule has 1 aliphatic carbocycles. The molecule has 0 unspecified atom stereocenters. The zero-order valence-corrected chi connectivity index (χ0v) is 13.1. The molecule has 0 saturated carbocycles. The SMILES string of the molecule is COc1ccc(C)cc1-n1ccc2c1CC(C)(C)CC2=O. The molecule has 1 aromatic carbocycles. The standard InChI is InChI=1S/C18H21NO2/c1-12-5-6-17(21-4)14(9-12)19-8-7-13-15(19)10-18(2,3)11-16(13)20/h5-9H,10-11H2,1-4H3. The Morgan fingerprint density at radius 1 is 1.19 bits per heavy atom. The Hall–Kier alpha value is -2.03. The highest BCUT2D eigenvalue weighted by atomic mass is 16.5. The van der Waals surface area contributed by atoms with Gasteiger partial charge in [-0.3, -0.25) is 4.79 Å². The van der Waals surface area contributed by atoms with E-state index in [1.54, 1.807) is 7.11 Å². The summed E-state index contributed by atoms with van der Waals surface area (Å²) in [6.07, 6.45) is 3.51. The largest absolute Gasteiger partial charge is 0.495 e. The Morgan fingerprint density at radius 3 is 2.67 bits per heavy atom. The van der Waals surface area contributed by atoms with Crippen LogP contribution < -0.4 is 4.74 Å². The molecular weight excluding hydrogens is 262 g/mol. The highest BCUT2D eigenvalue weighted by molar-refractivity contribution is 5.99. The van der Waals surface area contributed by atoms with E-state index >= 15 is 0 Å². The van der Waals surface area contributed by atoms with Gasteiger partial charge in [-0.1, -0.05) is 19.9 Å². The number of carbonyl (C=O) groups excluding carboxylic acids is 1. The third-order valence-corrected chi connectivity index (χ3v) is 4.17. The zero-order valence-electron chi connectivity index (χ0n) is 13.1. The summed E-state index contributed by atoms with van der Waals surface area (Å²) in [6.45, 7) is 6.37. The van der Waals surface area contributed by atoms with Gasteiger partial charge in [-0.2, -0.15) is 0 Å². The van der Waals surface area contributed by atoms with Crippen molar-refractivity contribution in [3.8, 4) is 11.4 Å². The number of Topliss-reactive ketones (excluding diaryl/α,β-unsaturated/α-hetero) is 1. The van der Waals surface area contributed by atoms with Crippen LogP contribution in [0.15, 0.2) is 30.5 Å². The molecule has 1 heterocycles. The number of ether oxygens (including phenoxy) is 1. The summed E-state index contributed by atoms with van der Waals surface area (Å²) in [5, 5.41) is 0. The maximum atomic E-state index is 12.3. The Labute approximate surface area is 125 Å². The van der Waals surface area contributed by atoms with Gasteiger partial charge in [0, 0.05) is 23.9 Å². The van der Waals surface area contributed by atoms with Gasteiger partial charge in [-0.25, -0.2) is 0 Å². The van der Waals surface area contributed by atoms with E-state index in [2.05, 4.69) is 31.4 Å². The second-order valence-electron chi connectivity index (χ2n) is 6.66. The molecular formula is C18H21NO2. The quantitative estimate of drug-likeness (QED) is 0.835. The lowest BCUT2D eigenvalue weighted by molar-refractivity contribution is 0.0911. The lowest BCUT2D eigenvalue weighted by Gasteiger charge is -2.30. The van der Waals surface area contributed by atoms with Crippen molar-refractivity contribution in [2.45, 2.75) is 33.6 Å². The van der Waals surface area contributed by atoms with Crippen molar-refractivity contribution in [2.24, 2.45) is 5.41 Å². The number of benzene rings is 1. The molecule has 3 rings (SSSR count). The van der Waals surface area contributed by atoms with Crippen molar-refractivity contribution in [2.75, 3.05) is 7.11 Å². The summed E-state index contributed by atoms with van der Waals surface area (Å²) in [5.74, 6) is 1.07. The summed E-state index contributed by atoms with van der Waals surface area (Å²) in [5.41, 5.74) is 4.15. The lowest BCUT2D eigenvalue weighted by atomic mass is 9.76. The van der Waals surface area contributed by atoms with E-state index in [0.717, 1.165) is 29.1 Å². The summed E-state index contributed by atoms with van der Waals surface area (Å²) in [4.78, 5) is 12.3. The van der Waals surface area contributed by atoms with Crippen molar-refractivity contribution in [1.82, 2.24) is 4.57 Å². The van der Waals surface area contributed by atoms with Crippen molar-refractivity contribution in [3.63, 3.8) is 0 Å². The summed E-state index contributed by atoms with van der Waals surface area (Å²) < 4.78 is 7.60. The van der Waals surface area contributed by atoms with E-state index < -0.39 is 0 Å². The van der Waals surface area contributed by atoms with Crippen LogP contribution in [0.5, 0.6) is 5.75 Å². The molecule has 3 heteroatoms. The first-order valence-corrected chi connectivity index (χ1v) is 7.30. The topological polar surface area (TPSA) is 31.2 Å². The van der Waals surface area contributed by atoms with Gasteiger partial charge in [-0.15, -0.1) is 0 Å². The molecule has 1 aromatic heterocycles. The molecule has 0 bridgehead atoms. The van der Waals surface area contributed by atoms with E-state index in [1.165, 1.54) is 5.56 Å². The Morgan fingerprint density at radius 2 is 1.95 bits per heavy atom. The van der Waals surface area contributed by atoms with Crippen LogP contribution in [-0.4, -0.2) is 17.5 Å². The molecule has 110 valence electrons. The molecule has 3 nitrogen and oxygen atoms in total. The van der Waals surface area contributed by atoms with Crippen LogP contribution in [-0.2, 0) is 6.42 Å². The minimum Gasteiger partial charge on any atom is -0.495 e. The van der Waals surface area contributed by atoms with Crippen LogP contribution in [0.3, 0.4) is 0 Å². The van der Waals surface area contributed by atoms with Crippen LogP contribution in [0, 0.1) is 12.3 Å². The van der Waals surface area contributed by atoms with Crippen LogP contribution in [0.1, 0.15) is 41.9 Å². The van der Waals surface area contributed by atoms with Gasteiger partial charge in [-0.05, 0) is 42.5 Å². The summed E-state index contributed by atoms with van der Waals surface area (Å²) >= 11 is 0. The fourth-order valence-electron chi connectivity index (χ4n) is 3.16. The normalized spacial score (nSPS) is 16.7. The monoisotopic (exact) mass is 283 g/mol. The van der Waals surface area contributed by atoms with E-state index in [1.807, 2.05) is 24.4 Å². The Balaban J connectivity index is 2.18. The van der Waals surface area contributed by atoms with Gasteiger partial charge in [0.1, 0.15) is 5.75 Å². The molecule has 0 amide bonds.